The molecular weight excluding hydrogens is 284 g/mol. The predicted octanol–water partition coefficient (Wildman–Crippen LogP) is 3.93. The Bertz CT molecular complexity index is 601. The van der Waals surface area contributed by atoms with E-state index in [9.17, 15) is 4.79 Å². The Labute approximate surface area is 139 Å². The summed E-state index contributed by atoms with van der Waals surface area (Å²) < 4.78 is 0. The fourth-order valence-corrected chi connectivity index (χ4v) is 2.64. The molecule has 0 unspecified atom stereocenters. The highest BCUT2D eigenvalue weighted by atomic mass is 16.1. The first-order valence-corrected chi connectivity index (χ1v) is 8.39. The van der Waals surface area contributed by atoms with Crippen LogP contribution in [0.5, 0.6) is 0 Å². The van der Waals surface area contributed by atoms with E-state index in [1.54, 1.807) is 0 Å². The van der Waals surface area contributed by atoms with Crippen molar-refractivity contribution in [1.29, 1.82) is 0 Å². The van der Waals surface area contributed by atoms with Crippen molar-refractivity contribution in [3.8, 4) is 0 Å². The molecule has 0 heterocycles. The van der Waals surface area contributed by atoms with Gasteiger partial charge in [-0.15, -0.1) is 0 Å². The Balaban J connectivity index is 1.83. The van der Waals surface area contributed by atoms with Crippen LogP contribution in [0.1, 0.15) is 37.0 Å². The van der Waals surface area contributed by atoms with E-state index in [0.29, 0.717) is 13.0 Å². The van der Waals surface area contributed by atoms with Gasteiger partial charge in [0.2, 0.25) is 5.91 Å². The topological polar surface area (TPSA) is 41.1 Å². The SMILES string of the molecule is CCc1cccc(CC)c1NC(=O)CCNCc1ccccc1. The van der Waals surface area contributed by atoms with E-state index in [2.05, 4.69) is 54.8 Å². The molecule has 0 spiro atoms. The number of hydrogen-bond donors (Lipinski definition) is 2. The molecule has 0 aliphatic heterocycles. The fraction of sp³-hybridized carbons (Fsp3) is 0.350. The van der Waals surface area contributed by atoms with Crippen molar-refractivity contribution in [3.63, 3.8) is 0 Å². The molecule has 122 valence electrons. The first-order chi connectivity index (χ1) is 11.2. The van der Waals surface area contributed by atoms with E-state index < -0.39 is 0 Å². The fourth-order valence-electron chi connectivity index (χ4n) is 2.64. The van der Waals surface area contributed by atoms with Crippen molar-refractivity contribution in [2.75, 3.05) is 11.9 Å². The minimum atomic E-state index is 0.0705. The molecule has 3 heteroatoms. The molecular formula is C20H26N2O. The average Bonchev–Trinajstić information content (AvgIpc) is 2.60. The maximum absolute atomic E-state index is 12.2. The van der Waals surface area contributed by atoms with Crippen molar-refractivity contribution in [2.24, 2.45) is 0 Å². The summed E-state index contributed by atoms with van der Waals surface area (Å²) in [7, 11) is 0. The van der Waals surface area contributed by atoms with Crippen molar-refractivity contribution in [2.45, 2.75) is 39.7 Å². The molecule has 0 fully saturated rings. The van der Waals surface area contributed by atoms with Crippen LogP contribution < -0.4 is 10.6 Å². The maximum atomic E-state index is 12.2. The van der Waals surface area contributed by atoms with Crippen molar-refractivity contribution in [1.82, 2.24) is 5.32 Å². The number of carbonyl (C=O) groups excluding carboxylic acids is 1. The number of anilines is 1. The van der Waals surface area contributed by atoms with Gasteiger partial charge < -0.3 is 10.6 Å². The summed E-state index contributed by atoms with van der Waals surface area (Å²) in [5, 5.41) is 6.42. The van der Waals surface area contributed by atoms with Gasteiger partial charge in [0.15, 0.2) is 0 Å². The molecule has 2 N–H and O–H groups in total. The van der Waals surface area contributed by atoms with Crippen LogP contribution in [-0.2, 0) is 24.2 Å². The second-order valence-electron chi connectivity index (χ2n) is 5.62. The van der Waals surface area contributed by atoms with Crippen LogP contribution in [0.4, 0.5) is 5.69 Å². The van der Waals surface area contributed by atoms with Gasteiger partial charge in [-0.1, -0.05) is 62.4 Å². The number of aryl methyl sites for hydroxylation is 2. The molecule has 1 amide bonds. The number of amides is 1. The number of nitrogens with one attached hydrogen (secondary N) is 2. The number of benzene rings is 2. The summed E-state index contributed by atoms with van der Waals surface area (Å²) in [4.78, 5) is 12.2. The number of rotatable bonds is 8. The Kier molecular flexibility index (Phi) is 6.82. The van der Waals surface area contributed by atoms with Crippen molar-refractivity contribution >= 4 is 11.6 Å². The molecule has 0 bridgehead atoms. The standard InChI is InChI=1S/C20H26N2O/c1-3-17-11-8-12-18(4-2)20(17)22-19(23)13-14-21-15-16-9-6-5-7-10-16/h5-12,21H,3-4,13-15H2,1-2H3,(H,22,23). The second-order valence-corrected chi connectivity index (χ2v) is 5.62. The molecule has 0 aliphatic carbocycles. The lowest BCUT2D eigenvalue weighted by Crippen LogP contribution is -2.22. The third-order valence-electron chi connectivity index (χ3n) is 3.96. The zero-order chi connectivity index (χ0) is 16.5. The van der Waals surface area contributed by atoms with Gasteiger partial charge >= 0.3 is 0 Å². The van der Waals surface area contributed by atoms with Crippen LogP contribution in [-0.4, -0.2) is 12.5 Å². The Morgan fingerprint density at radius 1 is 0.913 bits per heavy atom. The first kappa shape index (κ1) is 17.2. The molecule has 2 aromatic rings. The van der Waals surface area contributed by atoms with Crippen molar-refractivity contribution < 1.29 is 4.79 Å². The third-order valence-corrected chi connectivity index (χ3v) is 3.96. The van der Waals surface area contributed by atoms with E-state index >= 15 is 0 Å². The average molecular weight is 310 g/mol. The lowest BCUT2D eigenvalue weighted by atomic mass is 10.0. The van der Waals surface area contributed by atoms with E-state index in [-0.39, 0.29) is 5.91 Å². The summed E-state index contributed by atoms with van der Waals surface area (Å²) in [6, 6.07) is 16.5. The number of carbonyl (C=O) groups is 1. The van der Waals surface area contributed by atoms with Gasteiger partial charge in [-0.2, -0.15) is 0 Å². The highest BCUT2D eigenvalue weighted by molar-refractivity contribution is 5.92. The zero-order valence-electron chi connectivity index (χ0n) is 14.1. The van der Waals surface area contributed by atoms with Crippen LogP contribution in [0, 0.1) is 0 Å². The minimum Gasteiger partial charge on any atom is -0.326 e. The first-order valence-electron chi connectivity index (χ1n) is 8.39. The Hall–Kier alpha value is -2.13. The molecule has 0 radical (unpaired) electrons. The number of para-hydroxylation sites is 1. The monoisotopic (exact) mass is 310 g/mol. The molecule has 3 nitrogen and oxygen atoms in total. The summed E-state index contributed by atoms with van der Waals surface area (Å²) in [5.41, 5.74) is 4.65. The van der Waals surface area contributed by atoms with Crippen LogP contribution in [0.3, 0.4) is 0 Å². The van der Waals surface area contributed by atoms with Gasteiger partial charge in [0.25, 0.3) is 0 Å². The third kappa shape index (κ3) is 5.22. The quantitative estimate of drug-likeness (QED) is 0.725. The number of hydrogen-bond acceptors (Lipinski definition) is 2. The van der Waals surface area contributed by atoms with Crippen molar-refractivity contribution in [3.05, 3.63) is 65.2 Å². The summed E-state index contributed by atoms with van der Waals surface area (Å²) in [6.45, 7) is 5.70. The minimum absolute atomic E-state index is 0.0705. The molecule has 2 aromatic carbocycles. The van der Waals surface area contributed by atoms with Crippen LogP contribution in [0.2, 0.25) is 0 Å². The largest absolute Gasteiger partial charge is 0.326 e. The maximum Gasteiger partial charge on any atom is 0.225 e. The van der Waals surface area contributed by atoms with Gasteiger partial charge in [-0.25, -0.2) is 0 Å². The molecule has 23 heavy (non-hydrogen) atoms. The Morgan fingerprint density at radius 2 is 1.57 bits per heavy atom. The van der Waals surface area contributed by atoms with Gasteiger partial charge in [0, 0.05) is 25.2 Å². The van der Waals surface area contributed by atoms with E-state index in [1.807, 2.05) is 18.2 Å². The highest BCUT2D eigenvalue weighted by Crippen LogP contribution is 2.22. The van der Waals surface area contributed by atoms with E-state index in [0.717, 1.165) is 25.1 Å². The summed E-state index contributed by atoms with van der Waals surface area (Å²) in [6.07, 6.45) is 2.33. The Morgan fingerprint density at radius 3 is 2.17 bits per heavy atom. The van der Waals surface area contributed by atoms with Gasteiger partial charge in [0.1, 0.15) is 0 Å². The normalized spacial score (nSPS) is 10.5. The van der Waals surface area contributed by atoms with E-state index in [4.69, 9.17) is 0 Å². The lowest BCUT2D eigenvalue weighted by molar-refractivity contribution is -0.116. The van der Waals surface area contributed by atoms with Gasteiger partial charge in [0.05, 0.1) is 0 Å². The molecule has 2 rings (SSSR count). The van der Waals surface area contributed by atoms with E-state index in [1.165, 1.54) is 16.7 Å². The second kappa shape index (κ2) is 9.11. The molecule has 0 aromatic heterocycles. The molecule has 0 saturated heterocycles. The van der Waals surface area contributed by atoms with Gasteiger partial charge in [-0.05, 0) is 29.5 Å². The molecule has 0 saturated carbocycles. The molecule has 0 atom stereocenters. The molecule has 0 aliphatic rings. The van der Waals surface area contributed by atoms with Gasteiger partial charge in [-0.3, -0.25) is 4.79 Å². The summed E-state index contributed by atoms with van der Waals surface area (Å²) in [5.74, 6) is 0.0705. The lowest BCUT2D eigenvalue weighted by Gasteiger charge is -2.14. The van der Waals surface area contributed by atoms with Crippen LogP contribution in [0.15, 0.2) is 48.5 Å². The van der Waals surface area contributed by atoms with Crippen LogP contribution >= 0.6 is 0 Å². The highest BCUT2D eigenvalue weighted by Gasteiger charge is 2.09. The predicted molar refractivity (Wildman–Crippen MR) is 96.6 cm³/mol. The van der Waals surface area contributed by atoms with Crippen LogP contribution in [0.25, 0.3) is 0 Å². The smallest absolute Gasteiger partial charge is 0.225 e. The zero-order valence-corrected chi connectivity index (χ0v) is 14.1. The summed E-state index contributed by atoms with van der Waals surface area (Å²) >= 11 is 0.